The molecule has 0 aromatic rings. The molecule has 0 heterocycles. The predicted octanol–water partition coefficient (Wildman–Crippen LogP) is 2.32. The average Bonchev–Trinajstić information content (AvgIpc) is 2.05. The van der Waals surface area contributed by atoms with Crippen LogP contribution in [0, 0.1) is 5.41 Å². The molecule has 68 valence electrons. The third-order valence-corrected chi connectivity index (χ3v) is 1.76. The molecule has 0 radical (unpaired) electrons. The van der Waals surface area contributed by atoms with Gasteiger partial charge in [0.2, 0.25) is 0 Å². The zero-order valence-electron chi connectivity index (χ0n) is 7.80. The number of rotatable bonds is 5. The second-order valence-electron chi connectivity index (χ2n) is 2.90. The summed E-state index contributed by atoms with van der Waals surface area (Å²) in [5, 5.41) is 0. The second-order valence-corrected chi connectivity index (χ2v) is 2.90. The van der Waals surface area contributed by atoms with E-state index >= 15 is 0 Å². The van der Waals surface area contributed by atoms with Crippen LogP contribution in [0.3, 0.4) is 0 Å². The van der Waals surface area contributed by atoms with Crippen LogP contribution < -0.4 is 0 Å². The molecule has 0 spiro atoms. The Labute approximate surface area is 73.9 Å². The predicted molar refractivity (Wildman–Crippen MR) is 49.8 cm³/mol. The summed E-state index contributed by atoms with van der Waals surface area (Å²) in [6, 6.07) is 0. The molecule has 2 heteroatoms. The Balaban J connectivity index is 4.11. The van der Waals surface area contributed by atoms with Crippen LogP contribution in [0.1, 0.15) is 20.3 Å². The molecular weight excluding hydrogens is 152 g/mol. The Bertz CT molecular complexity index is 174. The van der Waals surface area contributed by atoms with Crippen LogP contribution in [0.25, 0.3) is 0 Å². The first-order valence-electron chi connectivity index (χ1n) is 4.00. The molecule has 0 aliphatic carbocycles. The minimum atomic E-state index is -0.341. The van der Waals surface area contributed by atoms with Crippen molar-refractivity contribution in [3.8, 4) is 0 Å². The highest BCUT2D eigenvalue weighted by atomic mass is 16.5. The number of carbonyl (C=O) groups is 1. The van der Waals surface area contributed by atoms with Gasteiger partial charge in [0.1, 0.15) is 0 Å². The fourth-order valence-electron chi connectivity index (χ4n) is 0.751. The summed E-state index contributed by atoms with van der Waals surface area (Å²) in [4.78, 5) is 11.1. The largest absolute Gasteiger partial charge is 0.466 e. The smallest absolute Gasteiger partial charge is 0.306 e. The van der Waals surface area contributed by atoms with Gasteiger partial charge in [-0.15, -0.1) is 13.2 Å². The van der Waals surface area contributed by atoms with Crippen molar-refractivity contribution in [2.24, 2.45) is 5.41 Å². The number of carbonyl (C=O) groups excluding carboxylic acids is 1. The van der Waals surface area contributed by atoms with Crippen LogP contribution in [-0.2, 0) is 9.53 Å². The van der Waals surface area contributed by atoms with Gasteiger partial charge in [0, 0.05) is 5.41 Å². The first-order chi connectivity index (χ1) is 5.58. The number of allylic oxidation sites excluding steroid dienone is 2. The molecule has 0 atom stereocenters. The van der Waals surface area contributed by atoms with Crippen LogP contribution in [0.4, 0.5) is 0 Å². The van der Waals surface area contributed by atoms with E-state index < -0.39 is 0 Å². The van der Waals surface area contributed by atoms with Gasteiger partial charge in [-0.25, -0.2) is 0 Å². The molecule has 0 bridgehead atoms. The van der Waals surface area contributed by atoms with Crippen LogP contribution >= 0.6 is 0 Å². The molecular formula is C10H16O2. The van der Waals surface area contributed by atoms with Crippen molar-refractivity contribution in [3.05, 3.63) is 25.3 Å². The highest BCUT2D eigenvalue weighted by Crippen LogP contribution is 2.24. The van der Waals surface area contributed by atoms with E-state index in [1.54, 1.807) is 19.1 Å². The lowest BCUT2D eigenvalue weighted by atomic mass is 9.87. The van der Waals surface area contributed by atoms with E-state index in [0.717, 1.165) is 0 Å². The first-order valence-corrected chi connectivity index (χ1v) is 4.00. The summed E-state index contributed by atoms with van der Waals surface area (Å²) in [5.74, 6) is -0.209. The maximum Gasteiger partial charge on any atom is 0.306 e. The molecule has 12 heavy (non-hydrogen) atoms. The van der Waals surface area contributed by atoms with E-state index in [1.165, 1.54) is 0 Å². The first kappa shape index (κ1) is 11.0. The summed E-state index contributed by atoms with van der Waals surface area (Å²) in [6.45, 7) is 11.4. The average molecular weight is 168 g/mol. The van der Waals surface area contributed by atoms with Gasteiger partial charge in [0.25, 0.3) is 0 Å². The van der Waals surface area contributed by atoms with Gasteiger partial charge >= 0.3 is 5.97 Å². The topological polar surface area (TPSA) is 26.3 Å². The molecule has 0 amide bonds. The Morgan fingerprint density at radius 2 is 2.00 bits per heavy atom. The number of ether oxygens (including phenoxy) is 1. The molecule has 0 aromatic heterocycles. The van der Waals surface area contributed by atoms with E-state index in [1.807, 2.05) is 6.92 Å². The number of hydrogen-bond acceptors (Lipinski definition) is 2. The Hall–Kier alpha value is -1.05. The Morgan fingerprint density at radius 1 is 1.50 bits per heavy atom. The van der Waals surface area contributed by atoms with Crippen molar-refractivity contribution in [2.45, 2.75) is 20.3 Å². The maximum absolute atomic E-state index is 11.1. The fraction of sp³-hybridized carbons (Fsp3) is 0.500. The van der Waals surface area contributed by atoms with Crippen molar-refractivity contribution < 1.29 is 9.53 Å². The number of hydrogen-bond donors (Lipinski definition) is 0. The normalized spacial score (nSPS) is 10.5. The fourth-order valence-corrected chi connectivity index (χ4v) is 0.751. The monoisotopic (exact) mass is 168 g/mol. The quantitative estimate of drug-likeness (QED) is 0.465. The van der Waals surface area contributed by atoms with Crippen LogP contribution in [0.15, 0.2) is 25.3 Å². The third-order valence-electron chi connectivity index (χ3n) is 1.76. The van der Waals surface area contributed by atoms with Gasteiger partial charge in [-0.1, -0.05) is 19.1 Å². The Kier molecular flexibility index (Phi) is 4.34. The molecule has 0 saturated heterocycles. The second kappa shape index (κ2) is 4.75. The molecule has 0 aliphatic heterocycles. The summed E-state index contributed by atoms with van der Waals surface area (Å²) in [7, 11) is 0. The van der Waals surface area contributed by atoms with Crippen LogP contribution in [0.2, 0.25) is 0 Å². The standard InChI is InChI=1S/C10H16O2/c1-5-10(4,6-2)8-9(11)12-7-3/h5-6H,1-2,7-8H2,3-4H3. The van der Waals surface area contributed by atoms with Gasteiger partial charge in [-0.3, -0.25) is 4.79 Å². The van der Waals surface area contributed by atoms with E-state index in [-0.39, 0.29) is 11.4 Å². The van der Waals surface area contributed by atoms with Crippen molar-refractivity contribution >= 4 is 5.97 Å². The van der Waals surface area contributed by atoms with Gasteiger partial charge in [0.15, 0.2) is 0 Å². The minimum Gasteiger partial charge on any atom is -0.466 e. The molecule has 2 nitrogen and oxygen atoms in total. The molecule has 0 unspecified atom stereocenters. The molecule has 0 saturated carbocycles. The lowest BCUT2D eigenvalue weighted by molar-refractivity contribution is -0.144. The van der Waals surface area contributed by atoms with Crippen LogP contribution in [0.5, 0.6) is 0 Å². The highest BCUT2D eigenvalue weighted by molar-refractivity contribution is 5.71. The molecule has 0 N–H and O–H groups in total. The highest BCUT2D eigenvalue weighted by Gasteiger charge is 2.20. The Morgan fingerprint density at radius 3 is 2.33 bits per heavy atom. The minimum absolute atomic E-state index is 0.209. The zero-order valence-corrected chi connectivity index (χ0v) is 7.80. The zero-order chi connectivity index (χ0) is 9.61. The summed E-state index contributed by atoms with van der Waals surface area (Å²) < 4.78 is 4.81. The van der Waals surface area contributed by atoms with E-state index in [0.29, 0.717) is 13.0 Å². The van der Waals surface area contributed by atoms with Crippen molar-refractivity contribution in [3.63, 3.8) is 0 Å². The molecule has 0 fully saturated rings. The summed E-state index contributed by atoms with van der Waals surface area (Å²) in [5.41, 5.74) is -0.341. The molecule has 0 rings (SSSR count). The third kappa shape index (κ3) is 3.37. The maximum atomic E-state index is 11.1. The van der Waals surface area contributed by atoms with Gasteiger partial charge in [-0.2, -0.15) is 0 Å². The van der Waals surface area contributed by atoms with Gasteiger partial charge in [0.05, 0.1) is 13.0 Å². The molecule has 0 aromatic carbocycles. The lowest BCUT2D eigenvalue weighted by Crippen LogP contribution is -2.17. The van der Waals surface area contributed by atoms with Crippen LogP contribution in [-0.4, -0.2) is 12.6 Å². The SMILES string of the molecule is C=CC(C)(C=C)CC(=O)OCC. The molecule has 0 aliphatic rings. The summed E-state index contributed by atoms with van der Waals surface area (Å²) >= 11 is 0. The number of esters is 1. The summed E-state index contributed by atoms with van der Waals surface area (Å²) in [6.07, 6.45) is 3.72. The lowest BCUT2D eigenvalue weighted by Gasteiger charge is -2.18. The van der Waals surface area contributed by atoms with E-state index in [4.69, 9.17) is 4.74 Å². The van der Waals surface area contributed by atoms with Crippen molar-refractivity contribution in [1.82, 2.24) is 0 Å². The van der Waals surface area contributed by atoms with Crippen molar-refractivity contribution in [2.75, 3.05) is 6.61 Å². The van der Waals surface area contributed by atoms with Gasteiger partial charge in [-0.05, 0) is 6.92 Å². The van der Waals surface area contributed by atoms with Gasteiger partial charge < -0.3 is 4.74 Å². The van der Waals surface area contributed by atoms with E-state index in [9.17, 15) is 4.79 Å². The van der Waals surface area contributed by atoms with Crippen molar-refractivity contribution in [1.29, 1.82) is 0 Å². The van der Waals surface area contributed by atoms with E-state index in [2.05, 4.69) is 13.2 Å².